The van der Waals surface area contributed by atoms with Gasteiger partial charge in [0.15, 0.2) is 0 Å². The lowest BCUT2D eigenvalue weighted by atomic mass is 9.95. The molecule has 0 atom stereocenters. The molecule has 1 heterocycles. The Labute approximate surface area is 156 Å². The number of anilines is 2. The number of halogens is 1. The Hall–Kier alpha value is -3.35. The zero-order chi connectivity index (χ0) is 19.6. The van der Waals surface area contributed by atoms with Crippen LogP contribution in [0.1, 0.15) is 22.8 Å². The van der Waals surface area contributed by atoms with Crippen LogP contribution < -0.4 is 21.3 Å². The Bertz CT molecular complexity index is 982. The maximum Gasteiger partial charge on any atom is 0.257 e. The van der Waals surface area contributed by atoms with Crippen LogP contribution in [0.25, 0.3) is 16.5 Å². The summed E-state index contributed by atoms with van der Waals surface area (Å²) in [6.45, 7) is 5.95. The van der Waals surface area contributed by atoms with Gasteiger partial charge in [0.05, 0.1) is 5.56 Å². The van der Waals surface area contributed by atoms with Crippen LogP contribution in [0.2, 0.25) is 0 Å². The third-order valence-electron chi connectivity index (χ3n) is 4.37. The molecule has 27 heavy (non-hydrogen) atoms. The molecule has 3 rings (SSSR count). The second kappa shape index (κ2) is 7.49. The SMILES string of the molecule is C=C/C=C(\NC)c1cc(NCCNC(C)=O)c2c(F)ccc3c2c1C(=O)N3. The molecule has 6 nitrogen and oxygen atoms in total. The van der Waals surface area contributed by atoms with E-state index < -0.39 is 5.82 Å². The Morgan fingerprint density at radius 2 is 2.07 bits per heavy atom. The highest BCUT2D eigenvalue weighted by molar-refractivity contribution is 6.27. The summed E-state index contributed by atoms with van der Waals surface area (Å²) in [5, 5.41) is 12.6. The highest BCUT2D eigenvalue weighted by atomic mass is 19.1. The van der Waals surface area contributed by atoms with E-state index in [1.165, 1.54) is 13.0 Å². The summed E-state index contributed by atoms with van der Waals surface area (Å²) in [6.07, 6.45) is 3.37. The molecule has 0 radical (unpaired) electrons. The number of carbonyl (C=O) groups excluding carboxylic acids is 2. The van der Waals surface area contributed by atoms with E-state index in [1.54, 1.807) is 31.3 Å². The van der Waals surface area contributed by atoms with Crippen molar-refractivity contribution in [1.29, 1.82) is 0 Å². The maximum absolute atomic E-state index is 14.7. The molecule has 140 valence electrons. The second-order valence-electron chi connectivity index (χ2n) is 6.12. The van der Waals surface area contributed by atoms with Crippen LogP contribution in [0.4, 0.5) is 15.8 Å². The molecule has 0 spiro atoms. The fourth-order valence-corrected chi connectivity index (χ4v) is 3.26. The van der Waals surface area contributed by atoms with Gasteiger partial charge in [0, 0.05) is 60.5 Å². The van der Waals surface area contributed by atoms with Gasteiger partial charge in [0.2, 0.25) is 5.91 Å². The second-order valence-corrected chi connectivity index (χ2v) is 6.12. The summed E-state index contributed by atoms with van der Waals surface area (Å²) >= 11 is 0. The van der Waals surface area contributed by atoms with Gasteiger partial charge in [-0.15, -0.1) is 0 Å². The van der Waals surface area contributed by atoms with Crippen LogP contribution in [-0.4, -0.2) is 32.0 Å². The minimum absolute atomic E-state index is 0.134. The van der Waals surface area contributed by atoms with Crippen molar-refractivity contribution in [2.75, 3.05) is 30.8 Å². The first kappa shape index (κ1) is 18.4. The molecular formula is C20H21FN4O2. The van der Waals surface area contributed by atoms with Gasteiger partial charge >= 0.3 is 0 Å². The third kappa shape index (κ3) is 3.36. The Morgan fingerprint density at radius 3 is 2.74 bits per heavy atom. The molecule has 0 saturated heterocycles. The van der Waals surface area contributed by atoms with Crippen LogP contribution in [0, 0.1) is 5.82 Å². The summed E-state index contributed by atoms with van der Waals surface area (Å²) < 4.78 is 14.7. The number of amides is 2. The van der Waals surface area contributed by atoms with Gasteiger partial charge in [0.1, 0.15) is 5.82 Å². The predicted octanol–water partition coefficient (Wildman–Crippen LogP) is 2.84. The molecule has 0 aliphatic carbocycles. The van der Waals surface area contributed by atoms with Crippen LogP contribution in [0.3, 0.4) is 0 Å². The molecule has 2 amide bonds. The lowest BCUT2D eigenvalue weighted by molar-refractivity contribution is -0.118. The van der Waals surface area contributed by atoms with E-state index >= 15 is 0 Å². The molecule has 4 N–H and O–H groups in total. The number of rotatable bonds is 7. The van der Waals surface area contributed by atoms with Gasteiger partial charge in [-0.2, -0.15) is 0 Å². The normalized spacial score (nSPS) is 12.7. The van der Waals surface area contributed by atoms with E-state index in [9.17, 15) is 14.0 Å². The van der Waals surface area contributed by atoms with E-state index in [0.29, 0.717) is 52.1 Å². The van der Waals surface area contributed by atoms with Crippen LogP contribution in [0.5, 0.6) is 0 Å². The minimum atomic E-state index is -0.418. The van der Waals surface area contributed by atoms with Gasteiger partial charge in [-0.25, -0.2) is 4.39 Å². The van der Waals surface area contributed by atoms with Crippen molar-refractivity contribution >= 4 is 39.7 Å². The first-order valence-corrected chi connectivity index (χ1v) is 8.57. The van der Waals surface area contributed by atoms with Gasteiger partial charge in [-0.1, -0.05) is 12.7 Å². The molecule has 2 aromatic rings. The molecule has 2 aromatic carbocycles. The molecule has 0 aromatic heterocycles. The number of allylic oxidation sites excluding steroid dienone is 2. The molecule has 1 aliphatic heterocycles. The van der Waals surface area contributed by atoms with Gasteiger partial charge < -0.3 is 21.3 Å². The fourth-order valence-electron chi connectivity index (χ4n) is 3.26. The molecular weight excluding hydrogens is 347 g/mol. The van der Waals surface area contributed by atoms with Crippen LogP contribution >= 0.6 is 0 Å². The molecule has 0 bridgehead atoms. The van der Waals surface area contributed by atoms with Crippen molar-refractivity contribution in [3.05, 3.63) is 53.9 Å². The van der Waals surface area contributed by atoms with Crippen molar-refractivity contribution in [2.45, 2.75) is 6.92 Å². The van der Waals surface area contributed by atoms with Crippen molar-refractivity contribution < 1.29 is 14.0 Å². The highest BCUT2D eigenvalue weighted by Gasteiger charge is 2.29. The zero-order valence-corrected chi connectivity index (χ0v) is 15.2. The summed E-state index contributed by atoms with van der Waals surface area (Å²) in [5.74, 6) is -0.824. The van der Waals surface area contributed by atoms with E-state index in [4.69, 9.17) is 0 Å². The Kier molecular flexibility index (Phi) is 5.12. The molecule has 0 saturated carbocycles. The Morgan fingerprint density at radius 1 is 1.30 bits per heavy atom. The first-order chi connectivity index (χ1) is 13.0. The maximum atomic E-state index is 14.7. The summed E-state index contributed by atoms with van der Waals surface area (Å²) in [6, 6.07) is 4.65. The minimum Gasteiger partial charge on any atom is -0.388 e. The smallest absolute Gasteiger partial charge is 0.257 e. The quantitative estimate of drug-likeness (QED) is 0.447. The average molecular weight is 368 g/mol. The number of benzene rings is 2. The first-order valence-electron chi connectivity index (χ1n) is 8.57. The average Bonchev–Trinajstić information content (AvgIpc) is 2.97. The van der Waals surface area contributed by atoms with Crippen LogP contribution in [0.15, 0.2) is 36.9 Å². The van der Waals surface area contributed by atoms with Crippen molar-refractivity contribution in [3.63, 3.8) is 0 Å². The van der Waals surface area contributed by atoms with E-state index in [2.05, 4.69) is 27.8 Å². The topological polar surface area (TPSA) is 82.3 Å². The lowest BCUT2D eigenvalue weighted by Gasteiger charge is -2.16. The summed E-state index contributed by atoms with van der Waals surface area (Å²) in [7, 11) is 1.75. The van der Waals surface area contributed by atoms with Crippen LogP contribution in [-0.2, 0) is 4.79 Å². The molecule has 7 heteroatoms. The van der Waals surface area contributed by atoms with E-state index in [1.807, 2.05) is 0 Å². The predicted molar refractivity (Wildman–Crippen MR) is 106 cm³/mol. The summed E-state index contributed by atoms with van der Waals surface area (Å²) in [5.41, 5.74) is 2.89. The number of hydrogen-bond acceptors (Lipinski definition) is 4. The zero-order valence-electron chi connectivity index (χ0n) is 15.2. The molecule has 1 aliphatic rings. The highest BCUT2D eigenvalue weighted by Crippen LogP contribution is 2.42. The number of nitrogens with one attached hydrogen (secondary N) is 4. The van der Waals surface area contributed by atoms with Crippen molar-refractivity contribution in [1.82, 2.24) is 10.6 Å². The van der Waals surface area contributed by atoms with Gasteiger partial charge in [-0.3, -0.25) is 9.59 Å². The lowest BCUT2D eigenvalue weighted by Crippen LogP contribution is -2.26. The number of hydrogen-bond donors (Lipinski definition) is 4. The number of carbonyl (C=O) groups is 2. The molecule has 0 fully saturated rings. The molecule has 0 unspecified atom stereocenters. The van der Waals surface area contributed by atoms with Gasteiger partial charge in [-0.05, 0) is 24.3 Å². The Balaban J connectivity index is 2.18. The fraction of sp³-hybridized carbons (Fsp3) is 0.200. The van der Waals surface area contributed by atoms with Gasteiger partial charge in [0.25, 0.3) is 5.91 Å². The van der Waals surface area contributed by atoms with E-state index in [0.717, 1.165) is 0 Å². The summed E-state index contributed by atoms with van der Waals surface area (Å²) in [4.78, 5) is 23.6. The van der Waals surface area contributed by atoms with Crippen molar-refractivity contribution in [3.8, 4) is 0 Å². The third-order valence-corrected chi connectivity index (χ3v) is 4.37. The van der Waals surface area contributed by atoms with E-state index in [-0.39, 0.29) is 11.8 Å². The van der Waals surface area contributed by atoms with Crippen molar-refractivity contribution in [2.24, 2.45) is 0 Å². The standard InChI is InChI=1S/C20H21FN4O2/c1-4-5-14(22-3)12-10-16(24-9-8-23-11(2)26)18-13(21)6-7-15-19(18)17(12)20(27)25-15/h4-7,10,22,24H,1,8-9H2,2-3H3,(H,23,26)(H,25,27)/b14-5-. The largest absolute Gasteiger partial charge is 0.388 e. The monoisotopic (exact) mass is 368 g/mol.